The van der Waals surface area contributed by atoms with Crippen LogP contribution in [0.2, 0.25) is 0 Å². The van der Waals surface area contributed by atoms with Crippen molar-refractivity contribution in [2.45, 2.75) is 13.8 Å². The summed E-state index contributed by atoms with van der Waals surface area (Å²) >= 11 is 0. The summed E-state index contributed by atoms with van der Waals surface area (Å²) in [6.45, 7) is 4.92. The van der Waals surface area contributed by atoms with E-state index in [0.717, 1.165) is 10.6 Å². The van der Waals surface area contributed by atoms with Gasteiger partial charge >= 0.3 is 0 Å². The van der Waals surface area contributed by atoms with E-state index in [-0.39, 0.29) is 11.8 Å². The van der Waals surface area contributed by atoms with Gasteiger partial charge in [-0.2, -0.15) is 5.26 Å². The largest absolute Gasteiger partial charge is 0.329 e. The number of nitriles is 1. The van der Waals surface area contributed by atoms with E-state index in [9.17, 15) is 4.79 Å². The molecule has 0 fully saturated rings. The Kier molecular flexibility index (Phi) is 5.34. The lowest BCUT2D eigenvalue weighted by Crippen LogP contribution is -3.10. The second kappa shape index (κ2) is 6.77. The van der Waals surface area contributed by atoms with Gasteiger partial charge in [0.15, 0.2) is 6.54 Å². The fourth-order valence-electron chi connectivity index (χ4n) is 1.76. The summed E-state index contributed by atoms with van der Waals surface area (Å²) in [6, 6.07) is 9.88. The Hall–Kier alpha value is -1.86. The third-order valence-electron chi connectivity index (χ3n) is 2.67. The molecule has 1 aromatic rings. The van der Waals surface area contributed by atoms with Gasteiger partial charge in [-0.05, 0) is 26.0 Å². The molecule has 1 amide bonds. The van der Waals surface area contributed by atoms with E-state index >= 15 is 0 Å². The number of likely N-dealkylation sites (N-methyl/N-ethyl adjacent to an activating group) is 1. The van der Waals surface area contributed by atoms with Crippen LogP contribution in [0, 0.1) is 24.2 Å². The SMILES string of the molecule is Cc1ccc(NC(=O)C[NH+](C)C[C@@H](C)C#N)cc1. The zero-order valence-corrected chi connectivity index (χ0v) is 11.2. The smallest absolute Gasteiger partial charge is 0.279 e. The highest BCUT2D eigenvalue weighted by molar-refractivity contribution is 5.91. The minimum absolute atomic E-state index is 0.0264. The van der Waals surface area contributed by atoms with Crippen molar-refractivity contribution >= 4 is 11.6 Å². The third-order valence-corrected chi connectivity index (χ3v) is 2.67. The molecule has 0 bridgehead atoms. The zero-order valence-electron chi connectivity index (χ0n) is 11.2. The third kappa shape index (κ3) is 4.98. The lowest BCUT2D eigenvalue weighted by molar-refractivity contribution is -0.873. The van der Waals surface area contributed by atoms with Crippen LogP contribution in [0.1, 0.15) is 12.5 Å². The van der Waals surface area contributed by atoms with Gasteiger partial charge in [0.2, 0.25) is 0 Å². The van der Waals surface area contributed by atoms with E-state index in [1.807, 2.05) is 45.2 Å². The molecule has 2 atom stereocenters. The number of quaternary nitrogens is 1. The van der Waals surface area contributed by atoms with Gasteiger partial charge < -0.3 is 10.2 Å². The van der Waals surface area contributed by atoms with Gasteiger partial charge in [-0.1, -0.05) is 17.7 Å². The van der Waals surface area contributed by atoms with Gasteiger partial charge in [0.05, 0.1) is 25.6 Å². The number of anilines is 1. The molecule has 0 heterocycles. The van der Waals surface area contributed by atoms with Crippen molar-refractivity contribution in [2.24, 2.45) is 5.92 Å². The number of amides is 1. The number of carbonyl (C=O) groups is 1. The Bertz CT molecular complexity index is 433. The number of nitrogens with one attached hydrogen (secondary N) is 2. The molecule has 0 aliphatic heterocycles. The van der Waals surface area contributed by atoms with Crippen LogP contribution in [0.4, 0.5) is 5.69 Å². The summed E-state index contributed by atoms with van der Waals surface area (Å²) < 4.78 is 0. The Balaban J connectivity index is 2.42. The first-order chi connectivity index (χ1) is 8.51. The average Bonchev–Trinajstić information content (AvgIpc) is 2.31. The van der Waals surface area contributed by atoms with E-state index in [1.165, 1.54) is 5.56 Å². The van der Waals surface area contributed by atoms with Crippen molar-refractivity contribution in [1.29, 1.82) is 5.26 Å². The second-order valence-electron chi connectivity index (χ2n) is 4.78. The monoisotopic (exact) mass is 246 g/mol. The van der Waals surface area contributed by atoms with E-state index in [1.54, 1.807) is 0 Å². The van der Waals surface area contributed by atoms with Crippen LogP contribution in [0.3, 0.4) is 0 Å². The maximum absolute atomic E-state index is 11.8. The summed E-state index contributed by atoms with van der Waals surface area (Å²) in [5, 5.41) is 11.6. The van der Waals surface area contributed by atoms with Crippen molar-refractivity contribution in [3.05, 3.63) is 29.8 Å². The van der Waals surface area contributed by atoms with Gasteiger partial charge in [-0.25, -0.2) is 0 Å². The van der Waals surface area contributed by atoms with Crippen molar-refractivity contribution in [2.75, 3.05) is 25.5 Å². The van der Waals surface area contributed by atoms with Crippen LogP contribution in [0.15, 0.2) is 24.3 Å². The van der Waals surface area contributed by atoms with Gasteiger partial charge in [0, 0.05) is 5.69 Å². The van der Waals surface area contributed by atoms with Crippen molar-refractivity contribution in [3.63, 3.8) is 0 Å². The average molecular weight is 246 g/mol. The van der Waals surface area contributed by atoms with Crippen LogP contribution in [0.5, 0.6) is 0 Å². The first-order valence-electron chi connectivity index (χ1n) is 6.08. The summed E-state index contributed by atoms with van der Waals surface area (Å²) in [5.41, 5.74) is 1.98. The quantitative estimate of drug-likeness (QED) is 0.799. The minimum Gasteiger partial charge on any atom is -0.329 e. The lowest BCUT2D eigenvalue weighted by atomic mass is 10.2. The lowest BCUT2D eigenvalue weighted by Gasteiger charge is -2.14. The predicted octanol–water partition coefficient (Wildman–Crippen LogP) is 0.608. The topological polar surface area (TPSA) is 57.3 Å². The van der Waals surface area contributed by atoms with E-state index in [4.69, 9.17) is 5.26 Å². The number of benzene rings is 1. The molecule has 0 saturated heterocycles. The van der Waals surface area contributed by atoms with Crippen LogP contribution >= 0.6 is 0 Å². The number of hydrogen-bond acceptors (Lipinski definition) is 2. The molecular formula is C14H20N3O+. The summed E-state index contributed by atoms with van der Waals surface area (Å²) in [6.07, 6.45) is 0. The van der Waals surface area contributed by atoms with E-state index in [0.29, 0.717) is 13.1 Å². The maximum atomic E-state index is 11.8. The van der Waals surface area contributed by atoms with E-state index < -0.39 is 0 Å². The molecule has 0 aromatic heterocycles. The summed E-state index contributed by atoms with van der Waals surface area (Å²) in [5.74, 6) is -0.0568. The van der Waals surface area contributed by atoms with Gasteiger partial charge in [0.25, 0.3) is 5.91 Å². The molecule has 1 rings (SSSR count). The Morgan fingerprint density at radius 2 is 2.06 bits per heavy atom. The summed E-state index contributed by atoms with van der Waals surface area (Å²) in [4.78, 5) is 12.8. The molecular weight excluding hydrogens is 226 g/mol. The summed E-state index contributed by atoms with van der Waals surface area (Å²) in [7, 11) is 1.92. The highest BCUT2D eigenvalue weighted by atomic mass is 16.2. The van der Waals surface area contributed by atoms with E-state index in [2.05, 4.69) is 11.4 Å². The molecule has 4 heteroatoms. The highest BCUT2D eigenvalue weighted by Crippen LogP contribution is 2.07. The molecule has 0 aliphatic carbocycles. The van der Waals surface area contributed by atoms with Crippen molar-refractivity contribution in [1.82, 2.24) is 0 Å². The number of carbonyl (C=O) groups excluding carboxylic acids is 1. The van der Waals surface area contributed by atoms with Crippen molar-refractivity contribution < 1.29 is 9.69 Å². The molecule has 4 nitrogen and oxygen atoms in total. The predicted molar refractivity (Wildman–Crippen MR) is 71.2 cm³/mol. The van der Waals surface area contributed by atoms with Gasteiger partial charge in [-0.15, -0.1) is 0 Å². The number of hydrogen-bond donors (Lipinski definition) is 2. The number of aryl methyl sites for hydroxylation is 1. The maximum Gasteiger partial charge on any atom is 0.279 e. The first kappa shape index (κ1) is 14.2. The Morgan fingerprint density at radius 1 is 1.44 bits per heavy atom. The first-order valence-corrected chi connectivity index (χ1v) is 6.08. The molecule has 0 aliphatic rings. The van der Waals surface area contributed by atoms with Crippen LogP contribution < -0.4 is 10.2 Å². The molecule has 18 heavy (non-hydrogen) atoms. The fraction of sp³-hybridized carbons (Fsp3) is 0.429. The van der Waals surface area contributed by atoms with Crippen molar-refractivity contribution in [3.8, 4) is 6.07 Å². The zero-order chi connectivity index (χ0) is 13.5. The molecule has 96 valence electrons. The Labute approximate surface area is 108 Å². The van der Waals surface area contributed by atoms with Crippen LogP contribution in [0.25, 0.3) is 0 Å². The normalized spacial score (nSPS) is 13.4. The number of nitrogens with zero attached hydrogens (tertiary/aromatic N) is 1. The molecule has 0 spiro atoms. The van der Waals surface area contributed by atoms with Crippen LogP contribution in [-0.4, -0.2) is 26.0 Å². The molecule has 1 aromatic carbocycles. The van der Waals surface area contributed by atoms with Gasteiger partial charge in [0.1, 0.15) is 0 Å². The molecule has 1 unspecified atom stereocenters. The highest BCUT2D eigenvalue weighted by Gasteiger charge is 2.13. The van der Waals surface area contributed by atoms with Crippen LogP contribution in [-0.2, 0) is 4.79 Å². The van der Waals surface area contributed by atoms with Gasteiger partial charge in [-0.3, -0.25) is 4.79 Å². The molecule has 0 saturated carbocycles. The molecule has 2 N–H and O–H groups in total. The standard InChI is InChI=1S/C14H19N3O/c1-11-4-6-13(7-5-11)16-14(18)10-17(3)9-12(2)8-15/h4-7,12H,9-10H2,1-3H3,(H,16,18)/p+1/t12-/m0/s1. The fourth-order valence-corrected chi connectivity index (χ4v) is 1.76. The second-order valence-corrected chi connectivity index (χ2v) is 4.78. The molecule has 0 radical (unpaired) electrons. The number of rotatable bonds is 5. The Morgan fingerprint density at radius 3 is 2.61 bits per heavy atom. The minimum atomic E-state index is -0.0304.